The van der Waals surface area contributed by atoms with Crippen molar-refractivity contribution < 1.29 is 14.3 Å². The number of piperidine rings is 1. The molecule has 2 atom stereocenters. The van der Waals surface area contributed by atoms with E-state index in [1.54, 1.807) is 9.80 Å². The highest BCUT2D eigenvalue weighted by molar-refractivity contribution is 6.04. The van der Waals surface area contributed by atoms with Crippen LogP contribution in [0.1, 0.15) is 38.7 Å². The molecular weight excluding hydrogens is 318 g/mol. The molecule has 2 unspecified atom stereocenters. The minimum Gasteiger partial charge on any atom is -0.450 e. The number of likely N-dealkylation sites (tertiary alicyclic amines) is 1. The summed E-state index contributed by atoms with van der Waals surface area (Å²) in [4.78, 5) is 30.1. The van der Waals surface area contributed by atoms with Crippen molar-refractivity contribution in [2.45, 2.75) is 39.2 Å². The Balaban J connectivity index is 0.000000880. The molecule has 3 aliphatic heterocycles. The molecule has 1 aromatic carbocycles. The SMILES string of the molecule is CC.CCOC(=O)N1CCC2C(C1)c1cccc3c1N2CC(=O)N3C. The van der Waals surface area contributed by atoms with Crippen LogP contribution in [-0.4, -0.2) is 56.2 Å². The lowest BCUT2D eigenvalue weighted by Crippen LogP contribution is -2.52. The lowest BCUT2D eigenvalue weighted by atomic mass is 9.89. The number of fused-ring (bicyclic) bond motifs is 3. The summed E-state index contributed by atoms with van der Waals surface area (Å²) >= 11 is 0. The number of ether oxygens (including phenoxy) is 1. The quantitative estimate of drug-likeness (QED) is 0.785. The van der Waals surface area contributed by atoms with Crippen molar-refractivity contribution in [3.8, 4) is 0 Å². The van der Waals surface area contributed by atoms with Crippen molar-refractivity contribution in [2.24, 2.45) is 0 Å². The predicted molar refractivity (Wildman–Crippen MR) is 98.3 cm³/mol. The summed E-state index contributed by atoms with van der Waals surface area (Å²) in [5, 5.41) is 0. The Hall–Kier alpha value is -2.24. The van der Waals surface area contributed by atoms with E-state index in [1.165, 1.54) is 11.3 Å². The number of carbonyl (C=O) groups excluding carboxylic acids is 2. The molecule has 25 heavy (non-hydrogen) atoms. The molecular formula is C19H27N3O3. The van der Waals surface area contributed by atoms with Crippen LogP contribution in [0, 0.1) is 0 Å². The molecule has 0 bridgehead atoms. The zero-order valence-corrected chi connectivity index (χ0v) is 15.5. The van der Waals surface area contributed by atoms with Gasteiger partial charge in [0.25, 0.3) is 0 Å². The number of likely N-dealkylation sites (N-methyl/N-ethyl adjacent to an activating group) is 1. The smallest absolute Gasteiger partial charge is 0.409 e. The summed E-state index contributed by atoms with van der Waals surface area (Å²) in [6.07, 6.45) is 0.638. The average molecular weight is 345 g/mol. The van der Waals surface area contributed by atoms with E-state index in [0.29, 0.717) is 32.3 Å². The molecule has 6 nitrogen and oxygen atoms in total. The van der Waals surface area contributed by atoms with Gasteiger partial charge in [0.1, 0.15) is 0 Å². The van der Waals surface area contributed by atoms with Crippen LogP contribution in [0.4, 0.5) is 16.2 Å². The molecule has 6 heteroatoms. The lowest BCUT2D eigenvalue weighted by molar-refractivity contribution is -0.117. The number of amides is 2. The van der Waals surface area contributed by atoms with Gasteiger partial charge in [0.15, 0.2) is 0 Å². The standard InChI is InChI=1S/C17H21N3O3.C2H6/c1-3-23-17(22)19-8-7-13-12(9-19)11-5-4-6-14-16(11)20(13)10-15(21)18(14)2;1-2/h4-6,12-13H,3,7-10H2,1-2H3;1-2H3. The van der Waals surface area contributed by atoms with Gasteiger partial charge < -0.3 is 19.4 Å². The molecule has 0 aliphatic carbocycles. The van der Waals surface area contributed by atoms with Gasteiger partial charge >= 0.3 is 6.09 Å². The molecule has 0 aromatic heterocycles. The van der Waals surface area contributed by atoms with Gasteiger partial charge in [-0.25, -0.2) is 4.79 Å². The highest BCUT2D eigenvalue weighted by Crippen LogP contribution is 2.50. The molecule has 0 spiro atoms. The Bertz CT molecular complexity index is 676. The van der Waals surface area contributed by atoms with E-state index in [-0.39, 0.29) is 17.9 Å². The summed E-state index contributed by atoms with van der Waals surface area (Å²) in [5.41, 5.74) is 3.41. The zero-order chi connectivity index (χ0) is 18.1. The second-order valence-electron chi connectivity index (χ2n) is 6.40. The van der Waals surface area contributed by atoms with Crippen molar-refractivity contribution in [2.75, 3.05) is 43.1 Å². The third-order valence-electron chi connectivity index (χ3n) is 5.28. The molecule has 4 rings (SSSR count). The first-order chi connectivity index (χ1) is 12.1. The van der Waals surface area contributed by atoms with Crippen molar-refractivity contribution in [3.63, 3.8) is 0 Å². The van der Waals surface area contributed by atoms with Crippen molar-refractivity contribution in [3.05, 3.63) is 23.8 Å². The van der Waals surface area contributed by atoms with E-state index in [2.05, 4.69) is 11.0 Å². The van der Waals surface area contributed by atoms with Crippen molar-refractivity contribution >= 4 is 23.4 Å². The summed E-state index contributed by atoms with van der Waals surface area (Å²) < 4.78 is 5.15. The van der Waals surface area contributed by atoms with E-state index in [4.69, 9.17) is 4.74 Å². The number of anilines is 2. The summed E-state index contributed by atoms with van der Waals surface area (Å²) in [6.45, 7) is 8.00. The summed E-state index contributed by atoms with van der Waals surface area (Å²) in [5.74, 6) is 0.380. The molecule has 1 fully saturated rings. The van der Waals surface area contributed by atoms with Crippen LogP contribution < -0.4 is 9.80 Å². The van der Waals surface area contributed by atoms with E-state index >= 15 is 0 Å². The Morgan fingerprint density at radius 2 is 2.08 bits per heavy atom. The van der Waals surface area contributed by atoms with Crippen LogP contribution in [0.2, 0.25) is 0 Å². The zero-order valence-electron chi connectivity index (χ0n) is 15.5. The number of carbonyl (C=O) groups is 2. The molecule has 2 amide bonds. The minimum atomic E-state index is -0.231. The van der Waals surface area contributed by atoms with Crippen LogP contribution in [0.5, 0.6) is 0 Å². The summed E-state index contributed by atoms with van der Waals surface area (Å²) in [7, 11) is 1.84. The van der Waals surface area contributed by atoms with E-state index in [1.807, 2.05) is 40.0 Å². The average Bonchev–Trinajstić information content (AvgIpc) is 2.96. The van der Waals surface area contributed by atoms with Gasteiger partial charge in [0.2, 0.25) is 5.91 Å². The molecule has 1 aromatic rings. The van der Waals surface area contributed by atoms with Gasteiger partial charge in [-0.2, -0.15) is 0 Å². The molecule has 136 valence electrons. The number of hydrogen-bond acceptors (Lipinski definition) is 4. The molecule has 3 heterocycles. The third-order valence-corrected chi connectivity index (χ3v) is 5.28. The Kier molecular flexibility index (Phi) is 4.88. The first-order valence-corrected chi connectivity index (χ1v) is 9.19. The van der Waals surface area contributed by atoms with Gasteiger partial charge in [-0.1, -0.05) is 26.0 Å². The maximum absolute atomic E-state index is 12.3. The maximum Gasteiger partial charge on any atom is 0.409 e. The predicted octanol–water partition coefficient (Wildman–Crippen LogP) is 2.82. The van der Waals surface area contributed by atoms with E-state index in [9.17, 15) is 9.59 Å². The number of benzene rings is 1. The maximum atomic E-state index is 12.3. The highest BCUT2D eigenvalue weighted by Gasteiger charge is 2.47. The first kappa shape index (κ1) is 17.6. The van der Waals surface area contributed by atoms with Gasteiger partial charge in [-0.05, 0) is 25.0 Å². The van der Waals surface area contributed by atoms with Crippen LogP contribution in [-0.2, 0) is 9.53 Å². The number of hydrogen-bond donors (Lipinski definition) is 0. The molecule has 0 saturated carbocycles. The van der Waals surface area contributed by atoms with Crippen LogP contribution >= 0.6 is 0 Å². The second-order valence-corrected chi connectivity index (χ2v) is 6.40. The number of para-hydroxylation sites is 1. The van der Waals surface area contributed by atoms with Gasteiger partial charge in [0, 0.05) is 32.1 Å². The molecule has 1 saturated heterocycles. The largest absolute Gasteiger partial charge is 0.450 e. The normalized spacial score (nSPS) is 23.5. The Labute approximate surface area is 149 Å². The van der Waals surface area contributed by atoms with E-state index < -0.39 is 0 Å². The van der Waals surface area contributed by atoms with Crippen molar-refractivity contribution in [1.82, 2.24) is 4.90 Å². The highest BCUT2D eigenvalue weighted by atomic mass is 16.6. The first-order valence-electron chi connectivity index (χ1n) is 9.19. The lowest BCUT2D eigenvalue weighted by Gasteiger charge is -2.40. The number of nitrogens with zero attached hydrogens (tertiary/aromatic N) is 3. The Morgan fingerprint density at radius 1 is 1.32 bits per heavy atom. The fourth-order valence-electron chi connectivity index (χ4n) is 4.18. The fourth-order valence-corrected chi connectivity index (χ4v) is 4.18. The van der Waals surface area contributed by atoms with E-state index in [0.717, 1.165) is 12.1 Å². The van der Waals surface area contributed by atoms with Crippen LogP contribution in [0.15, 0.2) is 18.2 Å². The molecule has 3 aliphatic rings. The molecule has 0 N–H and O–H groups in total. The molecule has 0 radical (unpaired) electrons. The monoisotopic (exact) mass is 345 g/mol. The van der Waals surface area contributed by atoms with Crippen molar-refractivity contribution in [1.29, 1.82) is 0 Å². The van der Waals surface area contributed by atoms with Gasteiger partial charge in [-0.15, -0.1) is 0 Å². The van der Waals surface area contributed by atoms with Gasteiger partial charge in [-0.3, -0.25) is 4.79 Å². The fraction of sp³-hybridized carbons (Fsp3) is 0.579. The minimum absolute atomic E-state index is 0.128. The van der Waals surface area contributed by atoms with Crippen LogP contribution in [0.25, 0.3) is 0 Å². The topological polar surface area (TPSA) is 53.1 Å². The second kappa shape index (κ2) is 6.94. The summed E-state index contributed by atoms with van der Waals surface area (Å²) in [6, 6.07) is 6.44. The van der Waals surface area contributed by atoms with Gasteiger partial charge in [0.05, 0.1) is 24.5 Å². The Morgan fingerprint density at radius 3 is 2.80 bits per heavy atom. The van der Waals surface area contributed by atoms with Crippen LogP contribution in [0.3, 0.4) is 0 Å². The number of rotatable bonds is 1. The third kappa shape index (κ3) is 2.73.